The number of nitrogens with one attached hydrogen (secondary N) is 1. The standard InChI is InChI=1S/C9H14ClN3/c1-2-3-5-12-7-4-6-13-9(10)8(7)11/h4,6H,2-3,5,11H2,1H3,(H,12,13). The van der Waals surface area contributed by atoms with E-state index in [0.29, 0.717) is 10.8 Å². The number of halogens is 1. The van der Waals surface area contributed by atoms with Crippen LogP contribution in [0.2, 0.25) is 5.15 Å². The van der Waals surface area contributed by atoms with Gasteiger partial charge in [-0.3, -0.25) is 0 Å². The summed E-state index contributed by atoms with van der Waals surface area (Å²) in [5.74, 6) is 0. The van der Waals surface area contributed by atoms with E-state index in [9.17, 15) is 0 Å². The molecule has 1 aromatic rings. The molecule has 0 aliphatic carbocycles. The highest BCUT2D eigenvalue weighted by Crippen LogP contribution is 2.24. The SMILES string of the molecule is CCCCNc1ccnc(Cl)c1N. The molecular formula is C9H14ClN3. The number of nitrogens with zero attached hydrogens (tertiary/aromatic N) is 1. The lowest BCUT2D eigenvalue weighted by Gasteiger charge is -2.08. The molecule has 0 bridgehead atoms. The fraction of sp³-hybridized carbons (Fsp3) is 0.444. The maximum atomic E-state index is 5.75. The summed E-state index contributed by atoms with van der Waals surface area (Å²) in [7, 11) is 0. The molecule has 0 aromatic carbocycles. The van der Waals surface area contributed by atoms with Gasteiger partial charge < -0.3 is 11.1 Å². The molecule has 3 nitrogen and oxygen atoms in total. The Kier molecular flexibility index (Phi) is 3.83. The van der Waals surface area contributed by atoms with Crippen LogP contribution in [0.1, 0.15) is 19.8 Å². The van der Waals surface area contributed by atoms with E-state index in [2.05, 4.69) is 17.2 Å². The summed E-state index contributed by atoms with van der Waals surface area (Å²) >= 11 is 5.75. The number of rotatable bonds is 4. The highest BCUT2D eigenvalue weighted by Gasteiger charge is 2.02. The summed E-state index contributed by atoms with van der Waals surface area (Å²) in [4.78, 5) is 3.87. The Morgan fingerprint density at radius 3 is 3.08 bits per heavy atom. The van der Waals surface area contributed by atoms with Crippen molar-refractivity contribution in [2.24, 2.45) is 0 Å². The molecule has 0 fully saturated rings. The van der Waals surface area contributed by atoms with Crippen LogP contribution in [0.15, 0.2) is 12.3 Å². The molecule has 0 atom stereocenters. The van der Waals surface area contributed by atoms with Crippen LogP contribution < -0.4 is 11.1 Å². The number of hydrogen-bond acceptors (Lipinski definition) is 3. The first-order chi connectivity index (χ1) is 6.25. The second kappa shape index (κ2) is 4.92. The third kappa shape index (κ3) is 2.77. The van der Waals surface area contributed by atoms with Gasteiger partial charge in [-0.25, -0.2) is 4.98 Å². The zero-order valence-electron chi connectivity index (χ0n) is 7.68. The second-order valence-electron chi connectivity index (χ2n) is 2.84. The minimum Gasteiger partial charge on any atom is -0.395 e. The van der Waals surface area contributed by atoms with Gasteiger partial charge in [-0.15, -0.1) is 0 Å². The topological polar surface area (TPSA) is 50.9 Å². The number of aromatic nitrogens is 1. The zero-order chi connectivity index (χ0) is 9.68. The van der Waals surface area contributed by atoms with Crippen LogP contribution in [0.4, 0.5) is 11.4 Å². The third-order valence-corrected chi connectivity index (χ3v) is 2.09. The molecule has 3 N–H and O–H groups in total. The van der Waals surface area contributed by atoms with Crippen LogP contribution >= 0.6 is 11.6 Å². The summed E-state index contributed by atoms with van der Waals surface area (Å²) in [5.41, 5.74) is 7.10. The molecule has 0 unspecified atom stereocenters. The van der Waals surface area contributed by atoms with E-state index in [0.717, 1.165) is 25.1 Å². The molecule has 0 amide bonds. The molecular weight excluding hydrogens is 186 g/mol. The largest absolute Gasteiger partial charge is 0.395 e. The van der Waals surface area contributed by atoms with Crippen molar-refractivity contribution in [1.82, 2.24) is 4.98 Å². The van der Waals surface area contributed by atoms with Crippen LogP contribution in [-0.4, -0.2) is 11.5 Å². The van der Waals surface area contributed by atoms with Crippen molar-refractivity contribution in [1.29, 1.82) is 0 Å². The van der Waals surface area contributed by atoms with Crippen molar-refractivity contribution in [3.63, 3.8) is 0 Å². The highest BCUT2D eigenvalue weighted by molar-refractivity contribution is 6.32. The molecule has 0 saturated carbocycles. The van der Waals surface area contributed by atoms with Gasteiger partial charge in [0.2, 0.25) is 0 Å². The number of hydrogen-bond donors (Lipinski definition) is 2. The predicted molar refractivity (Wildman–Crippen MR) is 57.1 cm³/mol. The van der Waals surface area contributed by atoms with Gasteiger partial charge in [0, 0.05) is 12.7 Å². The summed E-state index contributed by atoms with van der Waals surface area (Å²) in [6, 6.07) is 1.83. The molecule has 0 spiro atoms. The molecule has 0 saturated heterocycles. The van der Waals surface area contributed by atoms with E-state index in [-0.39, 0.29) is 0 Å². The van der Waals surface area contributed by atoms with Crippen LogP contribution in [0.25, 0.3) is 0 Å². The van der Waals surface area contributed by atoms with Crippen molar-refractivity contribution in [2.45, 2.75) is 19.8 Å². The fourth-order valence-corrected chi connectivity index (χ4v) is 1.16. The van der Waals surface area contributed by atoms with Crippen LogP contribution in [-0.2, 0) is 0 Å². The van der Waals surface area contributed by atoms with Gasteiger partial charge in [-0.05, 0) is 12.5 Å². The lowest BCUT2D eigenvalue weighted by molar-refractivity contribution is 0.834. The van der Waals surface area contributed by atoms with E-state index in [1.165, 1.54) is 0 Å². The molecule has 4 heteroatoms. The molecule has 13 heavy (non-hydrogen) atoms. The summed E-state index contributed by atoms with van der Waals surface area (Å²) in [5, 5.41) is 3.57. The lowest BCUT2D eigenvalue weighted by Crippen LogP contribution is -2.04. The van der Waals surface area contributed by atoms with Crippen molar-refractivity contribution in [3.05, 3.63) is 17.4 Å². The smallest absolute Gasteiger partial charge is 0.153 e. The van der Waals surface area contributed by atoms with Gasteiger partial charge in [0.15, 0.2) is 5.15 Å². The summed E-state index contributed by atoms with van der Waals surface area (Å²) < 4.78 is 0. The molecule has 1 rings (SSSR count). The Hall–Kier alpha value is -0.960. The minimum atomic E-state index is 0.362. The number of nitrogen functional groups attached to an aromatic ring is 1. The quantitative estimate of drug-likeness (QED) is 0.579. The first kappa shape index (κ1) is 10.1. The van der Waals surface area contributed by atoms with E-state index < -0.39 is 0 Å². The first-order valence-electron chi connectivity index (χ1n) is 4.39. The average Bonchev–Trinajstić information content (AvgIpc) is 2.13. The Labute approximate surface area is 83.3 Å². The molecule has 72 valence electrons. The number of pyridine rings is 1. The van der Waals surface area contributed by atoms with Crippen LogP contribution in [0, 0.1) is 0 Å². The number of unbranched alkanes of at least 4 members (excludes halogenated alkanes) is 1. The fourth-order valence-electron chi connectivity index (χ4n) is 1.00. The third-order valence-electron chi connectivity index (χ3n) is 1.79. The second-order valence-corrected chi connectivity index (χ2v) is 3.20. The summed E-state index contributed by atoms with van der Waals surface area (Å²) in [6.45, 7) is 3.06. The van der Waals surface area contributed by atoms with Crippen molar-refractivity contribution < 1.29 is 0 Å². The Morgan fingerprint density at radius 1 is 1.62 bits per heavy atom. The van der Waals surface area contributed by atoms with Gasteiger partial charge in [-0.1, -0.05) is 24.9 Å². The Morgan fingerprint density at radius 2 is 2.38 bits per heavy atom. The van der Waals surface area contributed by atoms with Crippen molar-refractivity contribution >= 4 is 23.0 Å². The zero-order valence-corrected chi connectivity index (χ0v) is 8.43. The van der Waals surface area contributed by atoms with Gasteiger partial charge in [-0.2, -0.15) is 0 Å². The molecule has 0 aliphatic rings. The van der Waals surface area contributed by atoms with Crippen molar-refractivity contribution in [2.75, 3.05) is 17.6 Å². The van der Waals surface area contributed by atoms with Crippen LogP contribution in [0.3, 0.4) is 0 Å². The van der Waals surface area contributed by atoms with E-state index in [4.69, 9.17) is 17.3 Å². The van der Waals surface area contributed by atoms with Gasteiger partial charge in [0.25, 0.3) is 0 Å². The average molecular weight is 200 g/mol. The predicted octanol–water partition coefficient (Wildman–Crippen LogP) is 2.53. The maximum Gasteiger partial charge on any atom is 0.153 e. The molecule has 1 aromatic heterocycles. The molecule has 1 heterocycles. The monoisotopic (exact) mass is 199 g/mol. The Balaban J connectivity index is 2.61. The van der Waals surface area contributed by atoms with Crippen LogP contribution in [0.5, 0.6) is 0 Å². The van der Waals surface area contributed by atoms with Gasteiger partial charge in [0.1, 0.15) is 0 Å². The highest BCUT2D eigenvalue weighted by atomic mass is 35.5. The lowest BCUT2D eigenvalue weighted by atomic mass is 10.3. The first-order valence-corrected chi connectivity index (χ1v) is 4.77. The van der Waals surface area contributed by atoms with Gasteiger partial charge in [0.05, 0.1) is 11.4 Å². The van der Waals surface area contributed by atoms with Crippen molar-refractivity contribution in [3.8, 4) is 0 Å². The van der Waals surface area contributed by atoms with E-state index in [1.54, 1.807) is 6.20 Å². The van der Waals surface area contributed by atoms with E-state index in [1.807, 2.05) is 6.07 Å². The summed E-state index contributed by atoms with van der Waals surface area (Å²) in [6.07, 6.45) is 3.93. The number of nitrogens with two attached hydrogens (primary N) is 1. The molecule has 0 aliphatic heterocycles. The normalized spacial score (nSPS) is 10.0. The number of anilines is 2. The molecule has 0 radical (unpaired) electrons. The van der Waals surface area contributed by atoms with E-state index >= 15 is 0 Å². The maximum absolute atomic E-state index is 5.75. The minimum absolute atomic E-state index is 0.362. The Bertz CT molecular complexity index is 276. The van der Waals surface area contributed by atoms with Gasteiger partial charge >= 0.3 is 0 Å².